The van der Waals surface area contributed by atoms with E-state index < -0.39 is 0 Å². The third kappa shape index (κ3) is 6.35. The normalized spacial score (nSPS) is 18.5. The molecule has 1 aliphatic rings. The van der Waals surface area contributed by atoms with Crippen molar-refractivity contribution in [3.63, 3.8) is 0 Å². The summed E-state index contributed by atoms with van der Waals surface area (Å²) in [5.74, 6) is 3.36. The third-order valence-corrected chi connectivity index (χ3v) is 6.24. The second-order valence-corrected chi connectivity index (χ2v) is 9.59. The number of aromatic nitrogens is 2. The van der Waals surface area contributed by atoms with Crippen LogP contribution in [0.25, 0.3) is 10.9 Å². The lowest BCUT2D eigenvalue weighted by Crippen LogP contribution is -2.31. The van der Waals surface area contributed by atoms with Crippen LogP contribution in [0.15, 0.2) is 48.5 Å². The highest BCUT2D eigenvalue weighted by Gasteiger charge is 2.22. The summed E-state index contributed by atoms with van der Waals surface area (Å²) in [5, 5.41) is 8.34. The SMILES string of the molecule is CC(C)Oc1ccc(CNCC2CCC(Nc3nc(N(C)C)c4ccccc4n3)CC2)cc1. The first-order valence-corrected chi connectivity index (χ1v) is 12.1. The summed E-state index contributed by atoms with van der Waals surface area (Å²) in [6.07, 6.45) is 4.96. The van der Waals surface area contributed by atoms with Crippen molar-refractivity contribution in [3.8, 4) is 5.75 Å². The quantitative estimate of drug-likeness (QED) is 0.468. The zero-order valence-corrected chi connectivity index (χ0v) is 20.3. The van der Waals surface area contributed by atoms with E-state index in [1.807, 2.05) is 26.2 Å². The summed E-state index contributed by atoms with van der Waals surface area (Å²) < 4.78 is 5.72. The Morgan fingerprint density at radius 2 is 1.70 bits per heavy atom. The van der Waals surface area contributed by atoms with Gasteiger partial charge < -0.3 is 20.3 Å². The summed E-state index contributed by atoms with van der Waals surface area (Å²) in [4.78, 5) is 11.6. The van der Waals surface area contributed by atoms with E-state index in [0.29, 0.717) is 6.04 Å². The van der Waals surface area contributed by atoms with Gasteiger partial charge in [-0.05, 0) is 81.8 Å². The van der Waals surface area contributed by atoms with Crippen molar-refractivity contribution in [3.05, 3.63) is 54.1 Å². The maximum Gasteiger partial charge on any atom is 0.225 e. The largest absolute Gasteiger partial charge is 0.491 e. The Morgan fingerprint density at radius 3 is 2.39 bits per heavy atom. The lowest BCUT2D eigenvalue weighted by Gasteiger charge is -2.29. The summed E-state index contributed by atoms with van der Waals surface area (Å²) in [6.45, 7) is 6.07. The number of fused-ring (bicyclic) bond motifs is 1. The Morgan fingerprint density at radius 1 is 0.970 bits per heavy atom. The lowest BCUT2D eigenvalue weighted by atomic mass is 9.86. The van der Waals surface area contributed by atoms with Gasteiger partial charge in [-0.25, -0.2) is 4.98 Å². The van der Waals surface area contributed by atoms with E-state index in [0.717, 1.165) is 60.3 Å². The van der Waals surface area contributed by atoms with Gasteiger partial charge in [0, 0.05) is 32.1 Å². The maximum atomic E-state index is 5.72. The van der Waals surface area contributed by atoms with Crippen molar-refractivity contribution in [2.24, 2.45) is 5.92 Å². The van der Waals surface area contributed by atoms with Gasteiger partial charge in [-0.2, -0.15) is 4.98 Å². The van der Waals surface area contributed by atoms with Crippen LogP contribution in [0, 0.1) is 5.92 Å². The van der Waals surface area contributed by atoms with Crippen molar-refractivity contribution >= 4 is 22.7 Å². The van der Waals surface area contributed by atoms with E-state index in [1.54, 1.807) is 0 Å². The fourth-order valence-corrected chi connectivity index (χ4v) is 4.54. The first kappa shape index (κ1) is 23.3. The number of nitrogens with zero attached hydrogens (tertiary/aromatic N) is 3. The molecule has 0 atom stereocenters. The third-order valence-electron chi connectivity index (χ3n) is 6.24. The van der Waals surface area contributed by atoms with Gasteiger partial charge in [-0.1, -0.05) is 24.3 Å². The minimum Gasteiger partial charge on any atom is -0.491 e. The minimum atomic E-state index is 0.210. The number of rotatable bonds is 9. The van der Waals surface area contributed by atoms with Crippen molar-refractivity contribution in [1.29, 1.82) is 0 Å². The molecule has 0 spiro atoms. The molecule has 3 aromatic rings. The molecule has 0 aliphatic heterocycles. The lowest BCUT2D eigenvalue weighted by molar-refractivity contribution is 0.242. The number of ether oxygens (including phenoxy) is 1. The number of hydrogen-bond donors (Lipinski definition) is 2. The molecule has 0 unspecified atom stereocenters. The first-order valence-electron chi connectivity index (χ1n) is 12.1. The van der Waals surface area contributed by atoms with Crippen LogP contribution in [0.5, 0.6) is 5.75 Å². The highest BCUT2D eigenvalue weighted by Crippen LogP contribution is 2.28. The second kappa shape index (κ2) is 10.8. The van der Waals surface area contributed by atoms with Crippen LogP contribution in [0.4, 0.5) is 11.8 Å². The van der Waals surface area contributed by atoms with E-state index in [-0.39, 0.29) is 6.10 Å². The topological polar surface area (TPSA) is 62.3 Å². The van der Waals surface area contributed by atoms with Gasteiger partial charge in [0.05, 0.1) is 11.6 Å². The fourth-order valence-electron chi connectivity index (χ4n) is 4.54. The van der Waals surface area contributed by atoms with Crippen molar-refractivity contribution < 1.29 is 4.74 Å². The zero-order valence-electron chi connectivity index (χ0n) is 20.3. The Balaban J connectivity index is 1.24. The smallest absolute Gasteiger partial charge is 0.225 e. The molecule has 6 nitrogen and oxygen atoms in total. The molecule has 176 valence electrons. The van der Waals surface area contributed by atoms with Gasteiger partial charge in [0.2, 0.25) is 5.95 Å². The van der Waals surface area contributed by atoms with Gasteiger partial charge in [-0.3, -0.25) is 0 Å². The molecule has 33 heavy (non-hydrogen) atoms. The number of anilines is 2. The molecule has 0 amide bonds. The van der Waals surface area contributed by atoms with Gasteiger partial charge in [0.15, 0.2) is 0 Å². The van der Waals surface area contributed by atoms with Crippen LogP contribution < -0.4 is 20.3 Å². The first-order chi connectivity index (χ1) is 16.0. The van der Waals surface area contributed by atoms with E-state index in [2.05, 4.69) is 65.8 Å². The molecule has 1 aromatic heterocycles. The monoisotopic (exact) mass is 447 g/mol. The van der Waals surface area contributed by atoms with E-state index in [9.17, 15) is 0 Å². The van der Waals surface area contributed by atoms with Gasteiger partial charge in [0.25, 0.3) is 0 Å². The Bertz CT molecular complexity index is 1030. The molecule has 2 aromatic carbocycles. The van der Waals surface area contributed by atoms with Crippen LogP contribution in [0.2, 0.25) is 0 Å². The van der Waals surface area contributed by atoms with E-state index >= 15 is 0 Å². The predicted octanol–water partition coefficient (Wildman–Crippen LogP) is 5.24. The molecule has 0 radical (unpaired) electrons. The number of para-hydroxylation sites is 1. The highest BCUT2D eigenvalue weighted by atomic mass is 16.5. The Labute approximate surface area is 197 Å². The van der Waals surface area contributed by atoms with Crippen molar-refractivity contribution in [1.82, 2.24) is 15.3 Å². The molecule has 6 heteroatoms. The molecule has 1 aliphatic carbocycles. The van der Waals surface area contributed by atoms with E-state index in [1.165, 1.54) is 18.4 Å². The number of hydrogen-bond acceptors (Lipinski definition) is 6. The maximum absolute atomic E-state index is 5.72. The van der Waals surface area contributed by atoms with Gasteiger partial charge in [-0.15, -0.1) is 0 Å². The molecule has 0 bridgehead atoms. The molecule has 1 fully saturated rings. The minimum absolute atomic E-state index is 0.210. The zero-order chi connectivity index (χ0) is 23.2. The highest BCUT2D eigenvalue weighted by molar-refractivity contribution is 5.90. The predicted molar refractivity (Wildman–Crippen MR) is 137 cm³/mol. The summed E-state index contributed by atoms with van der Waals surface area (Å²) in [6, 6.07) is 17.1. The molecule has 1 saturated carbocycles. The fraction of sp³-hybridized carbons (Fsp3) is 0.481. The Kier molecular flexibility index (Phi) is 7.65. The van der Waals surface area contributed by atoms with Crippen LogP contribution in [0.3, 0.4) is 0 Å². The summed E-state index contributed by atoms with van der Waals surface area (Å²) in [5.41, 5.74) is 2.28. The van der Waals surface area contributed by atoms with Crippen LogP contribution >= 0.6 is 0 Å². The molecular formula is C27H37N5O. The molecule has 4 rings (SSSR count). The summed E-state index contributed by atoms with van der Waals surface area (Å²) in [7, 11) is 4.06. The molecule has 2 N–H and O–H groups in total. The average molecular weight is 448 g/mol. The number of benzene rings is 2. The van der Waals surface area contributed by atoms with Crippen LogP contribution in [-0.4, -0.2) is 42.8 Å². The standard InChI is InChI=1S/C27H37N5O/c1-19(2)33-23-15-11-21(12-16-23)18-28-17-20-9-13-22(14-10-20)29-27-30-25-8-6-5-7-24(25)26(31-27)32(3)4/h5-8,11-12,15-16,19-20,22,28H,9-10,13-14,17-18H2,1-4H3,(H,29,30,31). The summed E-state index contributed by atoms with van der Waals surface area (Å²) >= 11 is 0. The van der Waals surface area contributed by atoms with Crippen molar-refractivity contribution in [2.45, 2.75) is 58.2 Å². The van der Waals surface area contributed by atoms with E-state index in [4.69, 9.17) is 14.7 Å². The second-order valence-electron chi connectivity index (χ2n) is 9.59. The van der Waals surface area contributed by atoms with Gasteiger partial charge >= 0.3 is 0 Å². The number of nitrogens with one attached hydrogen (secondary N) is 2. The molecule has 0 saturated heterocycles. The molecular weight excluding hydrogens is 410 g/mol. The Hall–Kier alpha value is -2.86. The van der Waals surface area contributed by atoms with Crippen LogP contribution in [0.1, 0.15) is 45.1 Å². The van der Waals surface area contributed by atoms with Gasteiger partial charge in [0.1, 0.15) is 11.6 Å². The van der Waals surface area contributed by atoms with Crippen LogP contribution in [-0.2, 0) is 6.54 Å². The van der Waals surface area contributed by atoms with Crippen molar-refractivity contribution in [2.75, 3.05) is 30.9 Å². The molecule has 1 heterocycles. The average Bonchev–Trinajstić information content (AvgIpc) is 2.80.